The molecule has 3 heterocycles. The molecule has 2 fully saturated rings. The van der Waals surface area contributed by atoms with Gasteiger partial charge in [-0.05, 0) is 67.7 Å². The number of hydrogen-bond donors (Lipinski definition) is 2. The molecule has 164 valence electrons. The van der Waals surface area contributed by atoms with Crippen molar-refractivity contribution in [2.45, 2.75) is 25.8 Å². The monoisotopic (exact) mass is 458 g/mol. The number of amidine groups is 1. The molecule has 2 aromatic rings. The molecule has 7 heteroatoms. The molecule has 2 saturated heterocycles. The van der Waals surface area contributed by atoms with E-state index in [1.807, 2.05) is 18.2 Å². The van der Waals surface area contributed by atoms with Gasteiger partial charge in [-0.15, -0.1) is 0 Å². The summed E-state index contributed by atoms with van der Waals surface area (Å²) in [5.74, 6) is 1.08. The minimum Gasteiger partial charge on any atom is -0.378 e. The first kappa shape index (κ1) is 21.1. The van der Waals surface area contributed by atoms with Crippen molar-refractivity contribution in [2.75, 3.05) is 49.6 Å². The van der Waals surface area contributed by atoms with Crippen molar-refractivity contribution in [1.82, 2.24) is 5.32 Å². The van der Waals surface area contributed by atoms with Gasteiger partial charge in [0.25, 0.3) is 0 Å². The molecule has 2 aromatic carbocycles. The van der Waals surface area contributed by atoms with E-state index in [9.17, 15) is 0 Å². The average Bonchev–Trinajstić information content (AvgIpc) is 2.79. The lowest BCUT2D eigenvalue weighted by molar-refractivity contribution is 0.122. The third kappa shape index (κ3) is 4.42. The second kappa shape index (κ2) is 8.99. The van der Waals surface area contributed by atoms with E-state index in [0.717, 1.165) is 91.5 Å². The fourth-order valence-electron chi connectivity index (χ4n) is 4.95. The van der Waals surface area contributed by atoms with Gasteiger partial charge in [-0.3, -0.25) is 4.99 Å². The molecule has 3 aliphatic rings. The zero-order valence-electron chi connectivity index (χ0n) is 17.6. The van der Waals surface area contributed by atoms with Gasteiger partial charge >= 0.3 is 0 Å². The zero-order valence-corrected chi connectivity index (χ0v) is 19.1. The highest BCUT2D eigenvalue weighted by Crippen LogP contribution is 2.44. The summed E-state index contributed by atoms with van der Waals surface area (Å²) in [6.45, 7) is 5.91. The number of benzene rings is 2. The first-order valence-electron chi connectivity index (χ1n) is 11.1. The maximum absolute atomic E-state index is 6.72. The lowest BCUT2D eigenvalue weighted by Gasteiger charge is -2.43. The summed E-state index contributed by atoms with van der Waals surface area (Å²) in [7, 11) is 0. The van der Waals surface area contributed by atoms with Gasteiger partial charge in [0.2, 0.25) is 0 Å². The minimum atomic E-state index is 0.0347. The third-order valence-electron chi connectivity index (χ3n) is 6.68. The minimum absolute atomic E-state index is 0.0347. The summed E-state index contributed by atoms with van der Waals surface area (Å²) in [6.07, 6.45) is 3.13. The van der Waals surface area contributed by atoms with E-state index in [-0.39, 0.29) is 5.41 Å². The van der Waals surface area contributed by atoms with E-state index in [1.165, 1.54) is 5.56 Å². The van der Waals surface area contributed by atoms with E-state index in [4.69, 9.17) is 32.9 Å². The van der Waals surface area contributed by atoms with Crippen molar-refractivity contribution in [3.05, 3.63) is 57.6 Å². The number of nitrogens with one attached hydrogen (secondary N) is 2. The highest BCUT2D eigenvalue weighted by atomic mass is 35.5. The van der Waals surface area contributed by atoms with Crippen LogP contribution in [0.4, 0.5) is 11.4 Å². The molecule has 0 radical (unpaired) electrons. The Bertz CT molecular complexity index is 982. The molecule has 0 saturated carbocycles. The lowest BCUT2D eigenvalue weighted by atomic mass is 9.70. The lowest BCUT2D eigenvalue weighted by Crippen LogP contribution is -2.48. The number of rotatable bonds is 3. The molecule has 31 heavy (non-hydrogen) atoms. The maximum Gasteiger partial charge on any atom is 0.108 e. The number of morpholine rings is 1. The van der Waals surface area contributed by atoms with Gasteiger partial charge in [0.1, 0.15) is 5.84 Å². The van der Waals surface area contributed by atoms with Crippen LogP contribution in [0.15, 0.2) is 41.4 Å². The molecule has 0 bridgehead atoms. The second-order valence-electron chi connectivity index (χ2n) is 8.69. The summed E-state index contributed by atoms with van der Waals surface area (Å²) < 4.78 is 5.52. The highest BCUT2D eigenvalue weighted by Gasteiger charge is 2.41. The van der Waals surface area contributed by atoms with E-state index in [2.05, 4.69) is 33.7 Å². The van der Waals surface area contributed by atoms with Crippen LogP contribution in [-0.2, 0) is 17.7 Å². The van der Waals surface area contributed by atoms with Crippen LogP contribution in [0.2, 0.25) is 10.0 Å². The Kier molecular flexibility index (Phi) is 6.11. The number of hydrogen-bond acceptors (Lipinski definition) is 4. The smallest absolute Gasteiger partial charge is 0.108 e. The van der Waals surface area contributed by atoms with Crippen LogP contribution in [-0.4, -0.2) is 45.2 Å². The Labute approximate surface area is 193 Å². The molecule has 0 aromatic heterocycles. The predicted octanol–water partition coefficient (Wildman–Crippen LogP) is 4.77. The first-order chi connectivity index (χ1) is 15.1. The number of nitrogens with zero attached hydrogens (tertiary/aromatic N) is 2. The molecular weight excluding hydrogens is 431 g/mol. The van der Waals surface area contributed by atoms with Crippen molar-refractivity contribution in [3.8, 4) is 0 Å². The van der Waals surface area contributed by atoms with Crippen LogP contribution in [0.5, 0.6) is 0 Å². The Morgan fingerprint density at radius 2 is 1.87 bits per heavy atom. The van der Waals surface area contributed by atoms with Crippen molar-refractivity contribution in [1.29, 1.82) is 0 Å². The number of fused-ring (bicyclic) bond motifs is 1. The van der Waals surface area contributed by atoms with Crippen molar-refractivity contribution < 1.29 is 4.74 Å². The summed E-state index contributed by atoms with van der Waals surface area (Å²) in [6, 6.07) is 12.3. The van der Waals surface area contributed by atoms with Gasteiger partial charge in [-0.25, -0.2) is 0 Å². The molecule has 0 amide bonds. The standard InChI is InChI=1S/C24H28Cl2N4O/c25-19-3-1-2-17(12-19)16-28-23-24(4-6-27-7-5-24)15-18-13-22(20(26)14-21(18)29-23)30-8-10-31-11-9-30/h1-3,12-14,27H,4-11,15-16H2,(H,28,29). The van der Waals surface area contributed by atoms with Gasteiger partial charge in [0.15, 0.2) is 0 Å². The summed E-state index contributed by atoms with van der Waals surface area (Å²) in [5.41, 5.74) is 4.68. The van der Waals surface area contributed by atoms with Gasteiger partial charge in [-0.2, -0.15) is 0 Å². The van der Waals surface area contributed by atoms with Gasteiger partial charge < -0.3 is 20.3 Å². The average molecular weight is 459 g/mol. The van der Waals surface area contributed by atoms with Crippen molar-refractivity contribution in [3.63, 3.8) is 0 Å². The summed E-state index contributed by atoms with van der Waals surface area (Å²) in [4.78, 5) is 7.40. The Morgan fingerprint density at radius 1 is 1.06 bits per heavy atom. The molecule has 1 spiro atoms. The molecule has 2 N–H and O–H groups in total. The van der Waals surface area contributed by atoms with Gasteiger partial charge in [0, 0.05) is 29.2 Å². The van der Waals surface area contributed by atoms with Crippen LogP contribution in [0.25, 0.3) is 0 Å². The van der Waals surface area contributed by atoms with Crippen LogP contribution in [0, 0.1) is 5.41 Å². The third-order valence-corrected chi connectivity index (χ3v) is 7.22. The van der Waals surface area contributed by atoms with E-state index in [0.29, 0.717) is 6.54 Å². The van der Waals surface area contributed by atoms with Crippen molar-refractivity contribution >= 4 is 40.4 Å². The Morgan fingerprint density at radius 3 is 2.65 bits per heavy atom. The predicted molar refractivity (Wildman–Crippen MR) is 129 cm³/mol. The van der Waals surface area contributed by atoms with E-state index >= 15 is 0 Å². The molecule has 0 atom stereocenters. The Balaban J connectivity index is 1.48. The van der Waals surface area contributed by atoms with Crippen LogP contribution < -0.4 is 15.5 Å². The number of aliphatic imine (C=N–C) groups is 1. The fraction of sp³-hybridized carbons (Fsp3) is 0.458. The van der Waals surface area contributed by atoms with Crippen LogP contribution in [0.1, 0.15) is 24.0 Å². The molecule has 3 aliphatic heterocycles. The van der Waals surface area contributed by atoms with Crippen molar-refractivity contribution in [2.24, 2.45) is 10.4 Å². The van der Waals surface area contributed by atoms with Crippen LogP contribution >= 0.6 is 23.2 Å². The maximum atomic E-state index is 6.72. The number of ether oxygens (including phenoxy) is 1. The fourth-order valence-corrected chi connectivity index (χ4v) is 5.45. The normalized spacial score (nSPS) is 21.7. The quantitative estimate of drug-likeness (QED) is 0.695. The Hall–Kier alpha value is -1.79. The summed E-state index contributed by atoms with van der Waals surface area (Å²) >= 11 is 12.9. The SMILES string of the molecule is Clc1cccc(CN=C2Nc3cc(Cl)c(N4CCOCC4)cc3CC23CCNCC3)c1. The summed E-state index contributed by atoms with van der Waals surface area (Å²) in [5, 5.41) is 8.72. The highest BCUT2D eigenvalue weighted by molar-refractivity contribution is 6.33. The molecule has 5 nitrogen and oxygen atoms in total. The second-order valence-corrected chi connectivity index (χ2v) is 9.53. The molecule has 5 rings (SSSR count). The largest absolute Gasteiger partial charge is 0.378 e. The number of halogens is 2. The van der Waals surface area contributed by atoms with Gasteiger partial charge in [0.05, 0.1) is 30.5 Å². The topological polar surface area (TPSA) is 48.9 Å². The molecule has 0 unspecified atom stereocenters. The zero-order chi connectivity index (χ0) is 21.3. The molecular formula is C24H28Cl2N4O. The molecule has 0 aliphatic carbocycles. The van der Waals surface area contributed by atoms with Gasteiger partial charge in [-0.1, -0.05) is 35.3 Å². The van der Waals surface area contributed by atoms with E-state index in [1.54, 1.807) is 0 Å². The first-order valence-corrected chi connectivity index (χ1v) is 11.8. The van der Waals surface area contributed by atoms with E-state index < -0.39 is 0 Å². The number of anilines is 2. The van der Waals surface area contributed by atoms with Crippen LogP contribution in [0.3, 0.4) is 0 Å². The number of piperidine rings is 1.